The SMILES string of the molecule is CNC(=O)c1c(-c2ccc(F)cc2)oc2cc(N(CCOCCOCc3ccc(C(=O)O)c([N+](=O)[O-])c3)S(C)(=O)=O)c(C3CC3)cc12.CNC(=O)c1c(-c2ccc(F)cc2)oc2cc(N(CCOCCOCc3ccc(C(=O)OC)c([N+](=O)[O-])c3)S(C)(=O)=O)c(C3CC3)cc12. The predicted molar refractivity (Wildman–Crippen MR) is 344 cm³/mol. The van der Waals surface area contributed by atoms with E-state index in [1.165, 1.54) is 95.5 Å². The minimum absolute atomic E-state index is 0.0137. The van der Waals surface area contributed by atoms with Crippen LogP contribution in [0.1, 0.15) is 101 Å². The highest BCUT2D eigenvalue weighted by atomic mass is 32.2. The molecule has 2 aromatic heterocycles. The Bertz CT molecular complexity index is 4460. The number of methoxy groups -OCH3 is 1. The van der Waals surface area contributed by atoms with E-state index in [4.69, 9.17) is 32.9 Å². The number of esters is 1. The third kappa shape index (κ3) is 16.8. The Hall–Kier alpha value is -9.72. The van der Waals surface area contributed by atoms with Gasteiger partial charge in [-0.1, -0.05) is 12.1 Å². The van der Waals surface area contributed by atoms with Crippen molar-refractivity contribution in [3.05, 3.63) is 186 Å². The van der Waals surface area contributed by atoms with Crippen molar-refractivity contribution in [2.45, 2.75) is 50.7 Å². The summed E-state index contributed by atoms with van der Waals surface area (Å²) in [6.07, 6.45) is 5.61. The fourth-order valence-corrected chi connectivity index (χ4v) is 12.5. The van der Waals surface area contributed by atoms with Crippen molar-refractivity contribution in [2.24, 2.45) is 0 Å². The molecule has 2 saturated carbocycles. The van der Waals surface area contributed by atoms with E-state index in [0.29, 0.717) is 55.6 Å². The van der Waals surface area contributed by atoms with Crippen LogP contribution in [0.2, 0.25) is 0 Å². The Morgan fingerprint density at radius 3 is 1.29 bits per heavy atom. The third-order valence-electron chi connectivity index (χ3n) is 15.5. The van der Waals surface area contributed by atoms with Gasteiger partial charge in [0.25, 0.3) is 23.2 Å². The number of fused-ring (bicyclic) bond motifs is 2. The van der Waals surface area contributed by atoms with Crippen LogP contribution < -0.4 is 19.2 Å². The van der Waals surface area contributed by atoms with Crippen LogP contribution in [0.4, 0.5) is 31.5 Å². The summed E-state index contributed by atoms with van der Waals surface area (Å²) in [6.45, 7) is 0.413. The number of halogens is 2. The lowest BCUT2D eigenvalue weighted by molar-refractivity contribution is -0.385. The van der Waals surface area contributed by atoms with Gasteiger partial charge in [0.2, 0.25) is 20.0 Å². The van der Waals surface area contributed by atoms with E-state index in [1.54, 1.807) is 24.3 Å². The minimum atomic E-state index is -3.79. The van der Waals surface area contributed by atoms with Crippen LogP contribution >= 0.6 is 0 Å². The largest absolute Gasteiger partial charge is 0.477 e. The molecule has 2 heterocycles. The number of nitrogens with one attached hydrogen (secondary N) is 2. The second-order valence-electron chi connectivity index (χ2n) is 22.2. The Balaban J connectivity index is 0.000000223. The number of carbonyl (C=O) groups excluding carboxylic acids is 3. The van der Waals surface area contributed by atoms with Crippen LogP contribution in [0.25, 0.3) is 44.6 Å². The monoisotopic (exact) mass is 1350 g/mol. The molecule has 8 aromatic rings. The smallest absolute Gasteiger partial charge is 0.344 e. The highest BCUT2D eigenvalue weighted by molar-refractivity contribution is 7.92. The Morgan fingerprint density at radius 1 is 0.568 bits per heavy atom. The number of sulfonamides is 2. The number of aromatic carboxylic acids is 1. The molecular weight excluding hydrogens is 1290 g/mol. The first kappa shape index (κ1) is 69.6. The molecule has 26 nitrogen and oxygen atoms in total. The van der Waals surface area contributed by atoms with Gasteiger partial charge in [-0.2, -0.15) is 0 Å². The first-order valence-corrected chi connectivity index (χ1v) is 33.3. The first-order chi connectivity index (χ1) is 45.3. The summed E-state index contributed by atoms with van der Waals surface area (Å²) < 4.78 is 121. The van der Waals surface area contributed by atoms with E-state index < -0.39 is 82.2 Å². The van der Waals surface area contributed by atoms with E-state index in [-0.39, 0.29) is 106 Å². The lowest BCUT2D eigenvalue weighted by Crippen LogP contribution is -2.34. The van der Waals surface area contributed by atoms with Gasteiger partial charge in [-0.3, -0.25) is 38.4 Å². The normalized spacial score (nSPS) is 13.0. The number of anilines is 2. The number of hydrogen-bond acceptors (Lipinski definition) is 19. The number of carboxylic acid groups (broad SMARTS) is 1. The highest BCUT2D eigenvalue weighted by Gasteiger charge is 2.36. The van der Waals surface area contributed by atoms with Crippen molar-refractivity contribution < 1.29 is 92.3 Å². The second-order valence-corrected chi connectivity index (χ2v) is 26.0. The van der Waals surface area contributed by atoms with Crippen LogP contribution in [0.15, 0.2) is 118 Å². The van der Waals surface area contributed by atoms with Gasteiger partial charge in [-0.15, -0.1) is 0 Å². The molecule has 0 bridgehead atoms. The first-order valence-electron chi connectivity index (χ1n) is 29.6. The van der Waals surface area contributed by atoms with Gasteiger partial charge in [0.15, 0.2) is 0 Å². The van der Waals surface area contributed by atoms with E-state index in [2.05, 4.69) is 15.4 Å². The fourth-order valence-electron chi connectivity index (χ4n) is 10.6. The molecule has 0 saturated heterocycles. The molecule has 2 amide bonds. The average Bonchev–Trinajstić information content (AvgIpc) is 1.63. The predicted octanol–water partition coefficient (Wildman–Crippen LogP) is 10.3. The summed E-state index contributed by atoms with van der Waals surface area (Å²) in [7, 11) is -3.44. The van der Waals surface area contributed by atoms with Crippen molar-refractivity contribution in [2.75, 3.05) is 95.1 Å². The average molecular weight is 1350 g/mol. The van der Waals surface area contributed by atoms with Gasteiger partial charge in [-0.05, 0) is 133 Å². The summed E-state index contributed by atoms with van der Waals surface area (Å²) >= 11 is 0. The van der Waals surface area contributed by atoms with Crippen LogP contribution in [-0.4, -0.2) is 142 Å². The van der Waals surface area contributed by atoms with Crippen molar-refractivity contribution >= 4 is 88.5 Å². The van der Waals surface area contributed by atoms with Gasteiger partial charge in [0.1, 0.15) is 45.4 Å². The van der Waals surface area contributed by atoms with E-state index in [9.17, 15) is 65.0 Å². The Labute approximate surface area is 543 Å². The summed E-state index contributed by atoms with van der Waals surface area (Å²) in [6, 6.07) is 25.7. The Morgan fingerprint density at radius 2 is 0.947 bits per heavy atom. The summed E-state index contributed by atoms with van der Waals surface area (Å²) in [4.78, 5) is 70.2. The zero-order valence-electron chi connectivity index (χ0n) is 52.0. The van der Waals surface area contributed by atoms with Crippen molar-refractivity contribution in [3.8, 4) is 22.6 Å². The molecular formula is C65H66F2N6O20S2. The minimum Gasteiger partial charge on any atom is -0.477 e. The number of amides is 2. The number of benzene rings is 6. The maximum Gasteiger partial charge on any atom is 0.344 e. The quantitative estimate of drug-likeness (QED) is 0.0163. The van der Waals surface area contributed by atoms with Gasteiger partial charge in [0.05, 0.1) is 118 Å². The van der Waals surface area contributed by atoms with Gasteiger partial charge in [-0.25, -0.2) is 35.2 Å². The van der Waals surface area contributed by atoms with E-state index >= 15 is 0 Å². The molecule has 2 aliphatic carbocycles. The van der Waals surface area contributed by atoms with Crippen LogP contribution in [0.5, 0.6) is 0 Å². The second kappa shape index (κ2) is 30.1. The summed E-state index contributed by atoms with van der Waals surface area (Å²) in [5, 5.41) is 38.0. The molecule has 502 valence electrons. The molecule has 0 radical (unpaired) electrons. The lowest BCUT2D eigenvalue weighted by atomic mass is 10.0. The molecule has 3 N–H and O–H groups in total. The van der Waals surface area contributed by atoms with E-state index in [1.807, 2.05) is 0 Å². The van der Waals surface area contributed by atoms with Crippen molar-refractivity contribution in [1.29, 1.82) is 0 Å². The van der Waals surface area contributed by atoms with Crippen molar-refractivity contribution in [3.63, 3.8) is 0 Å². The molecule has 2 fully saturated rings. The molecule has 0 spiro atoms. The molecule has 30 heteroatoms. The molecule has 2 aliphatic rings. The zero-order chi connectivity index (χ0) is 68.5. The Kier molecular flexibility index (Phi) is 22.1. The van der Waals surface area contributed by atoms with Gasteiger partial charge < -0.3 is 48.3 Å². The van der Waals surface area contributed by atoms with Crippen LogP contribution in [0, 0.1) is 31.9 Å². The van der Waals surface area contributed by atoms with Gasteiger partial charge in [0, 0.05) is 60.3 Å². The fraction of sp³-hybridized carbons (Fsp3) is 0.323. The molecule has 0 atom stereocenters. The maximum atomic E-state index is 13.7. The summed E-state index contributed by atoms with van der Waals surface area (Å²) in [5.74, 6) is -3.23. The van der Waals surface area contributed by atoms with Crippen molar-refractivity contribution in [1.82, 2.24) is 10.6 Å². The molecule has 10 rings (SSSR count). The number of nitrogens with zero attached hydrogens (tertiary/aromatic N) is 4. The standard InChI is InChI=1S/C33H34FN3O10S.C32H32FN3O10S/c1-35-32(38)30-26-17-25(21-5-6-21)27(18-29(26)47-31(30)22-7-9-23(34)10-8-22)36(48(3,42)43)12-13-45-14-15-46-19-20-4-11-24(33(39)44-2)28(16-20)37(40)41;1-34-31(37)29-25-16-24(20-4-5-20)26(17-28(25)46-30(29)21-6-8-22(33)9-7-21)35(47(2,42)43)11-12-44-13-14-45-18-19-3-10-23(32(38)39)27(15-19)36(40)41/h4,7-11,16-18,21H,5-6,12-15,19H2,1-3H3,(H,35,38);3,6-10,15-17,20H,4-5,11-14,18H2,1-2H3,(H,34,37)(H,38,39). The number of furan rings is 2. The highest BCUT2D eigenvalue weighted by Crippen LogP contribution is 2.50. The number of carbonyl (C=O) groups is 4. The number of nitro benzene ring substituents is 2. The van der Waals surface area contributed by atoms with E-state index in [0.717, 1.165) is 68.6 Å². The molecule has 0 unspecified atom stereocenters. The molecule has 6 aromatic carbocycles. The number of carboxylic acids is 1. The van der Waals surface area contributed by atoms with Gasteiger partial charge >= 0.3 is 11.9 Å². The molecule has 95 heavy (non-hydrogen) atoms. The zero-order valence-corrected chi connectivity index (χ0v) is 53.6. The van der Waals surface area contributed by atoms with Crippen LogP contribution in [0.3, 0.4) is 0 Å². The maximum absolute atomic E-state index is 13.7. The molecule has 0 aliphatic heterocycles. The van der Waals surface area contributed by atoms with Crippen LogP contribution in [-0.2, 0) is 56.9 Å². The third-order valence-corrected chi connectivity index (χ3v) is 17.8. The number of nitro groups is 2. The number of hydrogen-bond donors (Lipinski definition) is 3. The summed E-state index contributed by atoms with van der Waals surface area (Å²) in [5.41, 5.74) is 3.84. The number of ether oxygens (including phenoxy) is 5. The topological polar surface area (TPSA) is 346 Å². The number of rotatable bonds is 30. The lowest BCUT2D eigenvalue weighted by Gasteiger charge is -2.25.